The zero-order valence-corrected chi connectivity index (χ0v) is 18.9. The molecule has 29 heavy (non-hydrogen) atoms. The summed E-state index contributed by atoms with van der Waals surface area (Å²) < 4.78 is 6.66. The number of rotatable bonds is 10. The highest BCUT2D eigenvalue weighted by molar-refractivity contribution is 9.10. The van der Waals surface area contributed by atoms with E-state index in [2.05, 4.69) is 21.2 Å². The third kappa shape index (κ3) is 7.54. The number of amides is 2. The van der Waals surface area contributed by atoms with Crippen LogP contribution >= 0.6 is 15.9 Å². The van der Waals surface area contributed by atoms with Crippen molar-refractivity contribution in [2.75, 3.05) is 13.2 Å². The first kappa shape index (κ1) is 22.9. The predicted octanol–water partition coefficient (Wildman–Crippen LogP) is 4.47. The van der Waals surface area contributed by atoms with E-state index in [1.807, 2.05) is 62.4 Å². The molecule has 0 fully saturated rings. The Hall–Kier alpha value is -2.34. The average Bonchev–Trinajstić information content (AvgIpc) is 2.70. The Bertz CT molecular complexity index is 808. The van der Waals surface area contributed by atoms with E-state index in [9.17, 15) is 9.59 Å². The fourth-order valence-electron chi connectivity index (χ4n) is 2.93. The van der Waals surface area contributed by atoms with Crippen molar-refractivity contribution in [3.8, 4) is 5.75 Å². The highest BCUT2D eigenvalue weighted by Crippen LogP contribution is 2.17. The number of likely N-dealkylation sites (N-methyl/N-ethyl adjacent to an activating group) is 1. The van der Waals surface area contributed by atoms with Crippen LogP contribution in [0.25, 0.3) is 0 Å². The molecule has 5 nitrogen and oxygen atoms in total. The van der Waals surface area contributed by atoms with Gasteiger partial charge in [0.2, 0.25) is 11.8 Å². The molecule has 0 aromatic heterocycles. The number of aryl methyl sites for hydroxylation is 1. The van der Waals surface area contributed by atoms with Crippen LogP contribution in [-0.4, -0.2) is 35.9 Å². The molecule has 6 heteroatoms. The molecule has 1 atom stereocenters. The average molecular weight is 461 g/mol. The summed E-state index contributed by atoms with van der Waals surface area (Å²) in [7, 11) is 0. The molecule has 2 aromatic carbocycles. The Morgan fingerprint density at radius 1 is 1.17 bits per heavy atom. The van der Waals surface area contributed by atoms with Crippen molar-refractivity contribution in [1.29, 1.82) is 0 Å². The molecule has 0 saturated heterocycles. The van der Waals surface area contributed by atoms with Crippen LogP contribution < -0.4 is 10.1 Å². The van der Waals surface area contributed by atoms with Crippen molar-refractivity contribution >= 4 is 27.7 Å². The zero-order valence-electron chi connectivity index (χ0n) is 17.3. The number of hydrogen-bond donors (Lipinski definition) is 1. The quantitative estimate of drug-likeness (QED) is 0.532. The van der Waals surface area contributed by atoms with Gasteiger partial charge in [-0.1, -0.05) is 45.8 Å². The summed E-state index contributed by atoms with van der Waals surface area (Å²) >= 11 is 3.46. The summed E-state index contributed by atoms with van der Waals surface area (Å²) in [5, 5.41) is 2.80. The Kier molecular flexibility index (Phi) is 9.19. The van der Waals surface area contributed by atoms with Crippen LogP contribution in [0.2, 0.25) is 0 Å². The van der Waals surface area contributed by atoms with Gasteiger partial charge < -0.3 is 15.0 Å². The molecule has 0 unspecified atom stereocenters. The fourth-order valence-corrected chi connectivity index (χ4v) is 3.37. The van der Waals surface area contributed by atoms with Gasteiger partial charge in [0.25, 0.3) is 0 Å². The Morgan fingerprint density at radius 2 is 1.90 bits per heavy atom. The van der Waals surface area contributed by atoms with Gasteiger partial charge in [-0.15, -0.1) is 0 Å². The van der Waals surface area contributed by atoms with E-state index < -0.39 is 6.04 Å². The number of nitrogens with one attached hydrogen (secondary N) is 1. The first-order valence-electron chi connectivity index (χ1n) is 9.91. The van der Waals surface area contributed by atoms with Gasteiger partial charge >= 0.3 is 0 Å². The summed E-state index contributed by atoms with van der Waals surface area (Å²) in [5.41, 5.74) is 2.15. The van der Waals surface area contributed by atoms with Gasteiger partial charge in [-0.2, -0.15) is 0 Å². The van der Waals surface area contributed by atoms with Crippen LogP contribution in [0.4, 0.5) is 0 Å². The first-order chi connectivity index (χ1) is 13.9. The molecule has 0 aliphatic rings. The number of ether oxygens (including phenoxy) is 1. The van der Waals surface area contributed by atoms with E-state index in [0.29, 0.717) is 32.5 Å². The highest BCUT2D eigenvalue weighted by atomic mass is 79.9. The molecule has 0 heterocycles. The minimum absolute atomic E-state index is 0.0590. The van der Waals surface area contributed by atoms with Crippen LogP contribution in [0, 0.1) is 6.92 Å². The predicted molar refractivity (Wildman–Crippen MR) is 119 cm³/mol. The number of nitrogens with zero attached hydrogens (tertiary/aromatic N) is 1. The normalized spacial score (nSPS) is 11.6. The minimum Gasteiger partial charge on any atom is -0.494 e. The van der Waals surface area contributed by atoms with E-state index in [1.165, 1.54) is 5.56 Å². The number of halogens is 1. The molecule has 0 radical (unpaired) electrons. The third-order valence-corrected chi connectivity index (χ3v) is 5.08. The van der Waals surface area contributed by atoms with Crippen LogP contribution in [0.15, 0.2) is 53.0 Å². The number of hydrogen-bond acceptors (Lipinski definition) is 3. The van der Waals surface area contributed by atoms with E-state index in [4.69, 9.17) is 4.74 Å². The molecule has 1 N–H and O–H groups in total. The maximum Gasteiger partial charge on any atom is 0.242 e. The smallest absolute Gasteiger partial charge is 0.242 e. The van der Waals surface area contributed by atoms with E-state index in [1.54, 1.807) is 11.8 Å². The molecule has 156 valence electrons. The summed E-state index contributed by atoms with van der Waals surface area (Å²) in [4.78, 5) is 26.9. The van der Waals surface area contributed by atoms with Gasteiger partial charge in [0, 0.05) is 24.0 Å². The lowest BCUT2D eigenvalue weighted by atomic mass is 10.1. The summed E-state index contributed by atoms with van der Waals surface area (Å²) in [6.07, 6.45) is 0.910. The highest BCUT2D eigenvalue weighted by Gasteiger charge is 2.25. The largest absolute Gasteiger partial charge is 0.494 e. The molecule has 0 saturated carbocycles. The van der Waals surface area contributed by atoms with E-state index >= 15 is 0 Å². The molecular weight excluding hydrogens is 432 g/mol. The number of carbonyl (C=O) groups excluding carboxylic acids is 2. The van der Waals surface area contributed by atoms with Crippen LogP contribution in [0.3, 0.4) is 0 Å². The topological polar surface area (TPSA) is 58.6 Å². The summed E-state index contributed by atoms with van der Waals surface area (Å²) in [6, 6.07) is 15.1. The van der Waals surface area contributed by atoms with Crippen molar-refractivity contribution in [2.45, 2.75) is 46.2 Å². The lowest BCUT2D eigenvalue weighted by Crippen LogP contribution is -2.47. The molecular formula is C23H29BrN2O3. The van der Waals surface area contributed by atoms with Gasteiger partial charge in [0.05, 0.1) is 6.61 Å². The molecule has 0 bridgehead atoms. The Balaban J connectivity index is 1.97. The third-order valence-electron chi connectivity index (χ3n) is 4.58. The van der Waals surface area contributed by atoms with E-state index in [-0.39, 0.29) is 11.8 Å². The molecule has 2 aromatic rings. The molecule has 0 aliphatic heterocycles. The number of benzene rings is 2. The molecule has 0 aliphatic carbocycles. The lowest BCUT2D eigenvalue weighted by molar-refractivity contribution is -0.140. The van der Waals surface area contributed by atoms with Gasteiger partial charge in [-0.25, -0.2) is 0 Å². The van der Waals surface area contributed by atoms with Crippen LogP contribution in [0.1, 0.15) is 37.8 Å². The Morgan fingerprint density at radius 3 is 2.55 bits per heavy atom. The van der Waals surface area contributed by atoms with Crippen molar-refractivity contribution in [2.24, 2.45) is 0 Å². The zero-order chi connectivity index (χ0) is 21.2. The second-order valence-corrected chi connectivity index (χ2v) is 7.90. The van der Waals surface area contributed by atoms with Crippen molar-refractivity contribution in [3.05, 3.63) is 64.1 Å². The van der Waals surface area contributed by atoms with Gasteiger partial charge in [-0.05, 0) is 57.0 Å². The molecule has 2 amide bonds. The Labute approximate surface area is 181 Å². The first-order valence-corrected chi connectivity index (χ1v) is 10.7. The van der Waals surface area contributed by atoms with Crippen LogP contribution in [-0.2, 0) is 16.1 Å². The monoisotopic (exact) mass is 460 g/mol. The number of carbonyl (C=O) groups is 2. The van der Waals surface area contributed by atoms with Gasteiger partial charge in [0.1, 0.15) is 11.8 Å². The second kappa shape index (κ2) is 11.6. The van der Waals surface area contributed by atoms with Crippen LogP contribution in [0.5, 0.6) is 5.75 Å². The van der Waals surface area contributed by atoms with Gasteiger partial charge in [0.15, 0.2) is 0 Å². The lowest BCUT2D eigenvalue weighted by Gasteiger charge is -2.29. The maximum atomic E-state index is 12.9. The fraction of sp³-hybridized carbons (Fsp3) is 0.391. The van der Waals surface area contributed by atoms with E-state index in [0.717, 1.165) is 15.8 Å². The maximum absolute atomic E-state index is 12.9. The van der Waals surface area contributed by atoms with Gasteiger partial charge in [-0.3, -0.25) is 9.59 Å². The minimum atomic E-state index is -0.542. The summed E-state index contributed by atoms with van der Waals surface area (Å²) in [6.45, 7) is 7.03. The standard InChI is InChI=1S/C23H29BrN2O3/c1-4-25-23(28)18(3)26(16-19-7-5-8-20(24)15-19)22(27)9-6-14-29-21-12-10-17(2)11-13-21/h5,7-8,10-13,15,18H,4,6,9,14,16H2,1-3H3,(H,25,28)/t18-/m0/s1. The molecule has 0 spiro atoms. The van der Waals surface area contributed by atoms with Crippen molar-refractivity contribution in [1.82, 2.24) is 10.2 Å². The van der Waals surface area contributed by atoms with Crippen molar-refractivity contribution < 1.29 is 14.3 Å². The SMILES string of the molecule is CCNC(=O)[C@H](C)N(Cc1cccc(Br)c1)C(=O)CCCOc1ccc(C)cc1. The summed E-state index contributed by atoms with van der Waals surface area (Å²) in [5.74, 6) is 0.590. The second-order valence-electron chi connectivity index (χ2n) is 6.99. The molecule has 2 rings (SSSR count). The van der Waals surface area contributed by atoms with Crippen molar-refractivity contribution in [3.63, 3.8) is 0 Å².